The Morgan fingerprint density at radius 2 is 1.80 bits per heavy atom. The van der Waals surface area contributed by atoms with Gasteiger partial charge in [0.2, 0.25) is 0 Å². The zero-order valence-electron chi connectivity index (χ0n) is 8.64. The van der Waals surface area contributed by atoms with Crippen LogP contribution in [0.4, 0.5) is 5.69 Å². The average molecular weight is 229 g/mol. The van der Waals surface area contributed by atoms with Gasteiger partial charge in [-0.05, 0) is 31.5 Å². The molecule has 0 fully saturated rings. The van der Waals surface area contributed by atoms with E-state index >= 15 is 0 Å². The fraction of sp³-hybridized carbons (Fsp3) is 0.333. The van der Waals surface area contributed by atoms with Crippen molar-refractivity contribution in [3.05, 3.63) is 33.4 Å². The highest BCUT2D eigenvalue weighted by Crippen LogP contribution is 2.28. The molecule has 1 rings (SSSR count). The molecule has 1 aromatic rings. The van der Waals surface area contributed by atoms with Crippen molar-refractivity contribution in [2.75, 3.05) is 6.26 Å². The summed E-state index contributed by atoms with van der Waals surface area (Å²) in [4.78, 5) is 9.86. The van der Waals surface area contributed by atoms with Gasteiger partial charge >= 0.3 is 0 Å². The second kappa shape index (κ2) is 3.62. The Kier molecular flexibility index (Phi) is 2.81. The van der Waals surface area contributed by atoms with Crippen molar-refractivity contribution in [1.29, 1.82) is 0 Å². The Hall–Kier alpha value is -1.43. The second-order valence-electron chi connectivity index (χ2n) is 3.46. The normalized spacial score (nSPS) is 11.4. The molecule has 0 aliphatic heterocycles. The maximum atomic E-state index is 11.4. The van der Waals surface area contributed by atoms with Crippen LogP contribution >= 0.6 is 0 Å². The van der Waals surface area contributed by atoms with E-state index < -0.39 is 14.8 Å². The number of aryl methyl sites for hydroxylation is 2. The minimum absolute atomic E-state index is 0.218. The molecule has 0 saturated heterocycles. The summed E-state index contributed by atoms with van der Waals surface area (Å²) < 4.78 is 22.7. The summed E-state index contributed by atoms with van der Waals surface area (Å²) in [5.74, 6) is 0. The van der Waals surface area contributed by atoms with Gasteiger partial charge in [-0.3, -0.25) is 10.1 Å². The minimum Gasteiger partial charge on any atom is -0.258 e. The van der Waals surface area contributed by atoms with Gasteiger partial charge in [0.15, 0.2) is 9.84 Å². The van der Waals surface area contributed by atoms with Crippen LogP contribution in [0.15, 0.2) is 17.0 Å². The largest absolute Gasteiger partial charge is 0.290 e. The summed E-state index contributed by atoms with van der Waals surface area (Å²) in [6, 6.07) is 2.91. The zero-order chi connectivity index (χ0) is 11.8. The standard InChI is InChI=1S/C9H11NO4S/c1-6-4-7(2)9(10(11)12)8(5-6)15(3,13)14/h4-5H,1-3H3. The molecule has 0 aromatic heterocycles. The molecule has 0 N–H and O–H groups in total. The van der Waals surface area contributed by atoms with Crippen molar-refractivity contribution >= 4 is 15.5 Å². The first kappa shape index (κ1) is 11.6. The molecule has 0 radical (unpaired) electrons. The number of benzene rings is 1. The van der Waals surface area contributed by atoms with Crippen molar-refractivity contribution in [3.63, 3.8) is 0 Å². The van der Waals surface area contributed by atoms with Gasteiger partial charge in [-0.1, -0.05) is 0 Å². The molecule has 0 bridgehead atoms. The van der Waals surface area contributed by atoms with E-state index in [0.29, 0.717) is 11.1 Å². The quantitative estimate of drug-likeness (QED) is 0.570. The molecule has 6 heteroatoms. The van der Waals surface area contributed by atoms with E-state index in [1.54, 1.807) is 13.0 Å². The third-order valence-corrected chi connectivity index (χ3v) is 3.10. The highest BCUT2D eigenvalue weighted by Gasteiger charge is 2.24. The van der Waals surface area contributed by atoms with Crippen LogP contribution in [0.25, 0.3) is 0 Å². The number of sulfone groups is 1. The molecule has 0 aliphatic carbocycles. The molecule has 0 amide bonds. The highest BCUT2D eigenvalue weighted by molar-refractivity contribution is 7.90. The van der Waals surface area contributed by atoms with Gasteiger partial charge in [-0.15, -0.1) is 0 Å². The van der Waals surface area contributed by atoms with Crippen molar-refractivity contribution in [3.8, 4) is 0 Å². The predicted molar refractivity (Wildman–Crippen MR) is 55.7 cm³/mol. The van der Waals surface area contributed by atoms with Crippen LogP contribution in [0.3, 0.4) is 0 Å². The Balaban J connectivity index is 3.70. The van der Waals surface area contributed by atoms with E-state index in [-0.39, 0.29) is 10.6 Å². The van der Waals surface area contributed by atoms with Crippen LogP contribution in [0, 0.1) is 24.0 Å². The molecule has 1 aromatic carbocycles. The van der Waals surface area contributed by atoms with E-state index in [0.717, 1.165) is 6.26 Å². The molecule has 0 atom stereocenters. The fourth-order valence-electron chi connectivity index (χ4n) is 1.44. The average Bonchev–Trinajstić information content (AvgIpc) is 1.99. The minimum atomic E-state index is -3.57. The molecular formula is C9H11NO4S. The number of rotatable bonds is 2. The maximum Gasteiger partial charge on any atom is 0.290 e. The molecule has 0 unspecified atom stereocenters. The third-order valence-electron chi connectivity index (χ3n) is 1.99. The topological polar surface area (TPSA) is 77.3 Å². The summed E-state index contributed by atoms with van der Waals surface area (Å²) >= 11 is 0. The Morgan fingerprint density at radius 1 is 1.27 bits per heavy atom. The molecular weight excluding hydrogens is 218 g/mol. The molecule has 0 heterocycles. The van der Waals surface area contributed by atoms with Gasteiger partial charge in [0.25, 0.3) is 5.69 Å². The molecule has 0 aliphatic rings. The van der Waals surface area contributed by atoms with Gasteiger partial charge in [-0.25, -0.2) is 8.42 Å². The van der Waals surface area contributed by atoms with E-state index in [9.17, 15) is 18.5 Å². The Bertz CT molecular complexity index is 519. The highest BCUT2D eigenvalue weighted by atomic mass is 32.2. The van der Waals surface area contributed by atoms with Crippen molar-refractivity contribution in [2.45, 2.75) is 18.7 Å². The first-order chi connectivity index (χ1) is 6.73. The predicted octanol–water partition coefficient (Wildman–Crippen LogP) is 1.62. The molecule has 5 nitrogen and oxygen atoms in total. The maximum absolute atomic E-state index is 11.4. The van der Waals surface area contributed by atoms with Gasteiger partial charge in [0.05, 0.1) is 4.92 Å². The van der Waals surface area contributed by atoms with Crippen LogP contribution in [-0.2, 0) is 9.84 Å². The lowest BCUT2D eigenvalue weighted by Crippen LogP contribution is -2.05. The van der Waals surface area contributed by atoms with Crippen molar-refractivity contribution < 1.29 is 13.3 Å². The smallest absolute Gasteiger partial charge is 0.258 e. The van der Waals surface area contributed by atoms with Gasteiger partial charge < -0.3 is 0 Å². The summed E-state index contributed by atoms with van der Waals surface area (Å²) in [6.07, 6.45) is 0.966. The van der Waals surface area contributed by atoms with E-state index in [1.807, 2.05) is 0 Å². The lowest BCUT2D eigenvalue weighted by molar-refractivity contribution is -0.388. The number of hydrogen-bond acceptors (Lipinski definition) is 4. The molecule has 82 valence electrons. The first-order valence-electron chi connectivity index (χ1n) is 4.19. The van der Waals surface area contributed by atoms with Gasteiger partial charge in [0, 0.05) is 11.8 Å². The van der Waals surface area contributed by atoms with Crippen LogP contribution in [-0.4, -0.2) is 19.6 Å². The third kappa shape index (κ3) is 2.33. The van der Waals surface area contributed by atoms with Gasteiger partial charge in [-0.2, -0.15) is 0 Å². The first-order valence-corrected chi connectivity index (χ1v) is 6.08. The van der Waals surface area contributed by atoms with Crippen LogP contribution in [0.5, 0.6) is 0 Å². The van der Waals surface area contributed by atoms with Crippen molar-refractivity contribution in [2.24, 2.45) is 0 Å². The molecule has 0 saturated carbocycles. The fourth-order valence-corrected chi connectivity index (χ4v) is 2.42. The lowest BCUT2D eigenvalue weighted by Gasteiger charge is -2.04. The van der Waals surface area contributed by atoms with E-state index in [2.05, 4.69) is 0 Å². The Labute approximate surface area is 87.8 Å². The number of hydrogen-bond donors (Lipinski definition) is 0. The Morgan fingerprint density at radius 3 is 2.20 bits per heavy atom. The van der Waals surface area contributed by atoms with E-state index in [1.165, 1.54) is 13.0 Å². The summed E-state index contributed by atoms with van der Waals surface area (Å²) in [5.41, 5.74) is 0.724. The van der Waals surface area contributed by atoms with Crippen LogP contribution in [0.2, 0.25) is 0 Å². The number of nitro groups is 1. The second-order valence-corrected chi connectivity index (χ2v) is 5.44. The summed E-state index contributed by atoms with van der Waals surface area (Å²) in [6.45, 7) is 3.23. The molecule has 0 spiro atoms. The molecule has 15 heavy (non-hydrogen) atoms. The van der Waals surface area contributed by atoms with Crippen molar-refractivity contribution in [1.82, 2.24) is 0 Å². The SMILES string of the molecule is Cc1cc(C)c([N+](=O)[O-])c(S(C)(=O)=O)c1. The number of nitro benzene ring substituents is 1. The van der Waals surface area contributed by atoms with E-state index in [4.69, 9.17) is 0 Å². The summed E-state index contributed by atoms with van der Waals surface area (Å²) in [7, 11) is -3.57. The van der Waals surface area contributed by atoms with Gasteiger partial charge in [0.1, 0.15) is 4.90 Å². The van der Waals surface area contributed by atoms with Crippen LogP contribution < -0.4 is 0 Å². The van der Waals surface area contributed by atoms with Crippen LogP contribution in [0.1, 0.15) is 11.1 Å². The zero-order valence-corrected chi connectivity index (χ0v) is 9.46. The monoisotopic (exact) mass is 229 g/mol. The summed E-state index contributed by atoms with van der Waals surface area (Å²) in [5, 5.41) is 10.7. The lowest BCUT2D eigenvalue weighted by atomic mass is 10.1. The number of nitrogens with zero attached hydrogens (tertiary/aromatic N) is 1.